The molecular weight excluding hydrogens is 249 g/mol. The van der Waals surface area contributed by atoms with E-state index < -0.39 is 17.6 Å². The van der Waals surface area contributed by atoms with Crippen LogP contribution in [0.5, 0.6) is 0 Å². The van der Waals surface area contributed by atoms with Crippen LogP contribution >= 0.6 is 0 Å². The van der Waals surface area contributed by atoms with Gasteiger partial charge < -0.3 is 9.80 Å². The first-order chi connectivity index (χ1) is 9.02. The van der Waals surface area contributed by atoms with E-state index in [1.807, 2.05) is 6.07 Å². The molecule has 0 spiro atoms. The fraction of sp³-hybridized carbons (Fsp3) is 0.308. The quantitative estimate of drug-likeness (QED) is 0.728. The monoisotopic (exact) mass is 261 g/mol. The van der Waals surface area contributed by atoms with Crippen molar-refractivity contribution in [1.82, 2.24) is 9.80 Å². The highest BCUT2D eigenvalue weighted by atomic mass is 19.1. The van der Waals surface area contributed by atoms with Crippen LogP contribution in [0.25, 0.3) is 0 Å². The average Bonchev–Trinajstić information content (AvgIpc) is 2.40. The van der Waals surface area contributed by atoms with Gasteiger partial charge in [-0.25, -0.2) is 4.39 Å². The van der Waals surface area contributed by atoms with Crippen molar-refractivity contribution in [2.75, 3.05) is 20.1 Å². The van der Waals surface area contributed by atoms with E-state index in [0.29, 0.717) is 24.2 Å². The number of carbonyl (C=O) groups excluding carboxylic acids is 2. The lowest BCUT2D eigenvalue weighted by molar-refractivity contribution is -0.155. The Balaban J connectivity index is 2.22. The topological polar surface area (TPSA) is 64.4 Å². The maximum Gasteiger partial charge on any atom is 0.312 e. The van der Waals surface area contributed by atoms with Gasteiger partial charge in [0.2, 0.25) is 0 Å². The third-order valence-electron chi connectivity index (χ3n) is 3.07. The summed E-state index contributed by atoms with van der Waals surface area (Å²) in [6.07, 6.45) is 0. The average molecular weight is 261 g/mol. The molecule has 1 heterocycles. The second-order valence-corrected chi connectivity index (χ2v) is 4.37. The van der Waals surface area contributed by atoms with Crippen molar-refractivity contribution in [3.63, 3.8) is 0 Å². The maximum absolute atomic E-state index is 13.2. The number of nitriles is 1. The van der Waals surface area contributed by atoms with Gasteiger partial charge in [0.05, 0.1) is 11.6 Å². The molecule has 19 heavy (non-hydrogen) atoms. The van der Waals surface area contributed by atoms with E-state index in [-0.39, 0.29) is 6.54 Å². The number of nitrogens with zero attached hydrogens (tertiary/aromatic N) is 3. The Bertz CT molecular complexity index is 580. The van der Waals surface area contributed by atoms with Crippen molar-refractivity contribution in [2.45, 2.75) is 6.54 Å². The summed E-state index contributed by atoms with van der Waals surface area (Å²) >= 11 is 0. The van der Waals surface area contributed by atoms with Gasteiger partial charge >= 0.3 is 11.8 Å². The lowest BCUT2D eigenvalue weighted by Gasteiger charge is -2.31. The number of likely N-dealkylation sites (N-methyl/N-ethyl adjacent to an activating group) is 1. The van der Waals surface area contributed by atoms with Crippen LogP contribution in [0, 0.1) is 17.1 Å². The van der Waals surface area contributed by atoms with Gasteiger partial charge in [0.15, 0.2) is 0 Å². The van der Waals surface area contributed by atoms with Gasteiger partial charge in [0.1, 0.15) is 5.82 Å². The summed E-state index contributed by atoms with van der Waals surface area (Å²) in [4.78, 5) is 26.0. The van der Waals surface area contributed by atoms with Crippen LogP contribution in [0.4, 0.5) is 4.39 Å². The molecule has 0 aromatic heterocycles. The second kappa shape index (κ2) is 5.06. The molecule has 0 N–H and O–H groups in total. The molecule has 0 atom stereocenters. The van der Waals surface area contributed by atoms with Gasteiger partial charge in [-0.15, -0.1) is 0 Å². The first kappa shape index (κ1) is 13.0. The zero-order valence-corrected chi connectivity index (χ0v) is 10.4. The lowest BCUT2D eigenvalue weighted by atomic mass is 10.1. The van der Waals surface area contributed by atoms with E-state index in [9.17, 15) is 14.0 Å². The fourth-order valence-electron chi connectivity index (χ4n) is 1.93. The molecule has 1 saturated heterocycles. The molecule has 1 aromatic rings. The van der Waals surface area contributed by atoms with Crippen LogP contribution in [0.15, 0.2) is 18.2 Å². The molecule has 0 saturated carbocycles. The van der Waals surface area contributed by atoms with Crippen molar-refractivity contribution in [3.8, 4) is 6.07 Å². The Morgan fingerprint density at radius 2 is 2.05 bits per heavy atom. The summed E-state index contributed by atoms with van der Waals surface area (Å²) in [5, 5.41) is 8.95. The molecule has 0 radical (unpaired) electrons. The predicted octanol–water partition coefficient (Wildman–Crippen LogP) is 0.498. The van der Waals surface area contributed by atoms with Gasteiger partial charge in [-0.05, 0) is 23.8 Å². The largest absolute Gasteiger partial charge is 0.336 e. The summed E-state index contributed by atoms with van der Waals surface area (Å²) < 4.78 is 13.2. The summed E-state index contributed by atoms with van der Waals surface area (Å²) in [7, 11) is 1.56. The smallest absolute Gasteiger partial charge is 0.312 e. The number of halogens is 1. The minimum atomic E-state index is -0.623. The third-order valence-corrected chi connectivity index (χ3v) is 3.07. The van der Waals surface area contributed by atoms with Crippen LogP contribution < -0.4 is 0 Å². The van der Waals surface area contributed by atoms with Crippen LogP contribution in [0.3, 0.4) is 0 Å². The van der Waals surface area contributed by atoms with Gasteiger partial charge in [0, 0.05) is 26.7 Å². The van der Waals surface area contributed by atoms with Gasteiger partial charge in [-0.3, -0.25) is 9.59 Å². The highest BCUT2D eigenvalue weighted by Crippen LogP contribution is 2.15. The van der Waals surface area contributed by atoms with Crippen molar-refractivity contribution in [3.05, 3.63) is 35.1 Å². The molecular formula is C13H12FN3O2. The Morgan fingerprint density at radius 3 is 2.74 bits per heavy atom. The number of benzene rings is 1. The fourth-order valence-corrected chi connectivity index (χ4v) is 1.93. The molecule has 1 aliphatic rings. The number of piperazine rings is 1. The Kier molecular flexibility index (Phi) is 3.47. The molecule has 1 fully saturated rings. The minimum absolute atomic E-state index is 0.0685. The first-order valence-corrected chi connectivity index (χ1v) is 5.76. The number of carbonyl (C=O) groups is 2. The van der Waals surface area contributed by atoms with Crippen LogP contribution in [0.2, 0.25) is 0 Å². The lowest BCUT2D eigenvalue weighted by Crippen LogP contribution is -2.52. The molecule has 6 heteroatoms. The van der Waals surface area contributed by atoms with Crippen molar-refractivity contribution in [1.29, 1.82) is 5.26 Å². The second-order valence-electron chi connectivity index (χ2n) is 4.37. The molecule has 0 aliphatic carbocycles. The summed E-state index contributed by atoms with van der Waals surface area (Å²) in [5.41, 5.74) is 0.716. The van der Waals surface area contributed by atoms with Gasteiger partial charge in [0.25, 0.3) is 0 Å². The molecule has 0 bridgehead atoms. The van der Waals surface area contributed by atoms with Crippen molar-refractivity contribution >= 4 is 11.8 Å². The van der Waals surface area contributed by atoms with E-state index in [0.717, 1.165) is 0 Å². The predicted molar refractivity (Wildman–Crippen MR) is 64.2 cm³/mol. The third kappa shape index (κ3) is 2.55. The summed E-state index contributed by atoms with van der Waals surface area (Å²) in [6, 6.07) is 5.73. The van der Waals surface area contributed by atoms with E-state index in [4.69, 9.17) is 5.26 Å². The Labute approximate surface area is 109 Å². The molecule has 0 unspecified atom stereocenters. The van der Waals surface area contributed by atoms with Crippen molar-refractivity contribution < 1.29 is 14.0 Å². The summed E-state index contributed by atoms with van der Waals surface area (Å²) in [5.74, 6) is -1.68. The van der Waals surface area contributed by atoms with Crippen LogP contribution in [-0.4, -0.2) is 41.8 Å². The van der Waals surface area contributed by atoms with Gasteiger partial charge in [-0.1, -0.05) is 0 Å². The van der Waals surface area contributed by atoms with Crippen molar-refractivity contribution in [2.24, 2.45) is 0 Å². The standard InChI is InChI=1S/C13H12FN3O2/c1-16-4-5-17(13(19)12(16)18)8-10-6-11(14)3-2-9(10)7-15/h2-3,6H,4-5,8H2,1H3. The molecule has 5 nitrogen and oxygen atoms in total. The van der Waals surface area contributed by atoms with E-state index in [1.165, 1.54) is 28.0 Å². The molecule has 2 rings (SSSR count). The highest BCUT2D eigenvalue weighted by molar-refractivity contribution is 6.35. The number of hydrogen-bond acceptors (Lipinski definition) is 3. The first-order valence-electron chi connectivity index (χ1n) is 5.76. The number of hydrogen-bond donors (Lipinski definition) is 0. The molecule has 2 amide bonds. The SMILES string of the molecule is CN1CCN(Cc2cc(F)ccc2C#N)C(=O)C1=O. The van der Waals surface area contributed by atoms with E-state index in [2.05, 4.69) is 0 Å². The maximum atomic E-state index is 13.2. The Morgan fingerprint density at radius 1 is 1.32 bits per heavy atom. The highest BCUT2D eigenvalue weighted by Gasteiger charge is 2.30. The van der Waals surface area contributed by atoms with Gasteiger partial charge in [-0.2, -0.15) is 5.26 Å². The number of amides is 2. The molecule has 1 aromatic carbocycles. The normalized spacial score (nSPS) is 15.6. The number of rotatable bonds is 2. The zero-order valence-electron chi connectivity index (χ0n) is 10.4. The van der Waals surface area contributed by atoms with E-state index in [1.54, 1.807) is 7.05 Å². The molecule has 1 aliphatic heterocycles. The minimum Gasteiger partial charge on any atom is -0.336 e. The van der Waals surface area contributed by atoms with E-state index >= 15 is 0 Å². The summed E-state index contributed by atoms with van der Waals surface area (Å²) in [6.45, 7) is 0.878. The Hall–Kier alpha value is -2.42. The molecule has 98 valence electrons. The zero-order chi connectivity index (χ0) is 14.0. The van der Waals surface area contributed by atoms with Crippen LogP contribution in [-0.2, 0) is 16.1 Å². The van der Waals surface area contributed by atoms with Crippen LogP contribution in [0.1, 0.15) is 11.1 Å².